The first kappa shape index (κ1) is 15.8. The third-order valence-corrected chi connectivity index (χ3v) is 3.44. The lowest BCUT2D eigenvalue weighted by Gasteiger charge is -2.22. The van der Waals surface area contributed by atoms with E-state index in [1.54, 1.807) is 0 Å². The maximum Gasteiger partial charge on any atom is 0.224 e. The van der Waals surface area contributed by atoms with E-state index in [0.717, 1.165) is 17.0 Å². The number of carbonyl (C=O) groups is 1. The number of fused-ring (bicyclic) bond motifs is 1. The summed E-state index contributed by atoms with van der Waals surface area (Å²) >= 11 is 0. The van der Waals surface area contributed by atoms with Crippen LogP contribution >= 0.6 is 0 Å². The number of anilines is 1. The van der Waals surface area contributed by atoms with Gasteiger partial charge in [-0.05, 0) is 39.3 Å². The van der Waals surface area contributed by atoms with Crippen molar-refractivity contribution in [1.29, 1.82) is 0 Å². The Balaban J connectivity index is 1.92. The molecule has 5 nitrogen and oxygen atoms in total. The number of amides is 1. The highest BCUT2D eigenvalue weighted by Crippen LogP contribution is 2.30. The first-order chi connectivity index (χ1) is 9.85. The van der Waals surface area contributed by atoms with E-state index in [1.165, 1.54) is 0 Å². The van der Waals surface area contributed by atoms with Gasteiger partial charge in [0, 0.05) is 17.7 Å². The van der Waals surface area contributed by atoms with E-state index in [0.29, 0.717) is 19.4 Å². The van der Waals surface area contributed by atoms with Crippen LogP contribution in [0.25, 0.3) is 0 Å². The molecule has 1 atom stereocenters. The molecule has 116 valence electrons. The van der Waals surface area contributed by atoms with Gasteiger partial charge in [-0.3, -0.25) is 4.79 Å². The molecule has 1 aliphatic rings. The second-order valence-electron chi connectivity index (χ2n) is 6.60. The molecular formula is C16H25N2O3+. The molecule has 1 aromatic carbocycles. The summed E-state index contributed by atoms with van der Waals surface area (Å²) in [6.45, 7) is 7.19. The number of ether oxygens (including phenoxy) is 1. The van der Waals surface area contributed by atoms with Crippen molar-refractivity contribution < 1.29 is 20.0 Å². The molecule has 0 bridgehead atoms. The smallest absolute Gasteiger partial charge is 0.224 e. The summed E-state index contributed by atoms with van der Waals surface area (Å²) < 4.78 is 5.75. The van der Waals surface area contributed by atoms with Crippen molar-refractivity contribution in [1.82, 2.24) is 0 Å². The number of quaternary nitrogens is 1. The molecule has 0 aliphatic carbocycles. The first-order valence-corrected chi connectivity index (χ1v) is 7.42. The fourth-order valence-corrected chi connectivity index (χ4v) is 2.27. The fourth-order valence-electron chi connectivity index (χ4n) is 2.27. The molecule has 0 unspecified atom stereocenters. The van der Waals surface area contributed by atoms with Gasteiger partial charge in [0.1, 0.15) is 25.0 Å². The number of aliphatic hydroxyl groups is 1. The van der Waals surface area contributed by atoms with E-state index in [-0.39, 0.29) is 18.1 Å². The second-order valence-corrected chi connectivity index (χ2v) is 6.60. The van der Waals surface area contributed by atoms with Crippen LogP contribution in [-0.4, -0.2) is 35.8 Å². The molecule has 0 radical (unpaired) electrons. The van der Waals surface area contributed by atoms with E-state index in [2.05, 4.69) is 31.4 Å². The summed E-state index contributed by atoms with van der Waals surface area (Å²) in [4.78, 5) is 11.4. The van der Waals surface area contributed by atoms with Crippen LogP contribution in [-0.2, 0) is 11.2 Å². The number of hydrogen-bond acceptors (Lipinski definition) is 3. The number of benzene rings is 1. The highest BCUT2D eigenvalue weighted by atomic mass is 16.5. The van der Waals surface area contributed by atoms with Crippen LogP contribution < -0.4 is 15.4 Å². The van der Waals surface area contributed by atoms with Crippen LogP contribution in [0.1, 0.15) is 32.8 Å². The maximum atomic E-state index is 11.4. The van der Waals surface area contributed by atoms with Crippen molar-refractivity contribution in [2.45, 2.75) is 45.3 Å². The lowest BCUT2D eigenvalue weighted by atomic mass is 10.0. The summed E-state index contributed by atoms with van der Waals surface area (Å²) in [6.07, 6.45) is 0.646. The van der Waals surface area contributed by atoms with Crippen molar-refractivity contribution in [3.8, 4) is 5.75 Å². The second kappa shape index (κ2) is 6.45. The highest BCUT2D eigenvalue weighted by molar-refractivity contribution is 5.94. The van der Waals surface area contributed by atoms with Crippen LogP contribution in [0.5, 0.6) is 5.75 Å². The number of carbonyl (C=O) groups excluding carboxylic acids is 1. The van der Waals surface area contributed by atoms with Crippen LogP contribution in [0.3, 0.4) is 0 Å². The third kappa shape index (κ3) is 4.72. The summed E-state index contributed by atoms with van der Waals surface area (Å²) in [5.41, 5.74) is 1.93. The topological polar surface area (TPSA) is 75.2 Å². The van der Waals surface area contributed by atoms with Crippen molar-refractivity contribution in [2.75, 3.05) is 18.5 Å². The molecule has 1 aromatic rings. The SMILES string of the molecule is CC(C)(C)[NH2+]C[C@H](O)COc1cccc2c1CCC(=O)N2. The van der Waals surface area contributed by atoms with E-state index in [1.807, 2.05) is 18.2 Å². The molecule has 1 heterocycles. The molecule has 2 rings (SSSR count). The van der Waals surface area contributed by atoms with Gasteiger partial charge in [0.25, 0.3) is 0 Å². The van der Waals surface area contributed by atoms with Gasteiger partial charge < -0.3 is 20.5 Å². The minimum Gasteiger partial charge on any atom is -0.490 e. The monoisotopic (exact) mass is 293 g/mol. The van der Waals surface area contributed by atoms with E-state index in [9.17, 15) is 9.90 Å². The Morgan fingerprint density at radius 2 is 2.14 bits per heavy atom. The van der Waals surface area contributed by atoms with Crippen LogP contribution in [0.2, 0.25) is 0 Å². The van der Waals surface area contributed by atoms with Crippen molar-refractivity contribution in [3.63, 3.8) is 0 Å². The Bertz CT molecular complexity index is 509. The van der Waals surface area contributed by atoms with Gasteiger partial charge in [-0.2, -0.15) is 0 Å². The Labute approximate surface area is 125 Å². The summed E-state index contributed by atoms with van der Waals surface area (Å²) in [6, 6.07) is 5.62. The third-order valence-electron chi connectivity index (χ3n) is 3.44. The Morgan fingerprint density at radius 3 is 2.86 bits per heavy atom. The van der Waals surface area contributed by atoms with Crippen molar-refractivity contribution >= 4 is 11.6 Å². The van der Waals surface area contributed by atoms with E-state index >= 15 is 0 Å². The van der Waals surface area contributed by atoms with Gasteiger partial charge in [0.05, 0.1) is 5.54 Å². The predicted molar refractivity (Wildman–Crippen MR) is 81.4 cm³/mol. The summed E-state index contributed by atoms with van der Waals surface area (Å²) in [5, 5.41) is 14.9. The molecule has 0 saturated carbocycles. The van der Waals surface area contributed by atoms with Gasteiger partial charge in [-0.15, -0.1) is 0 Å². The fraction of sp³-hybridized carbons (Fsp3) is 0.562. The van der Waals surface area contributed by atoms with Gasteiger partial charge in [0.15, 0.2) is 0 Å². The zero-order valence-electron chi connectivity index (χ0n) is 13.0. The van der Waals surface area contributed by atoms with Crippen molar-refractivity contribution in [2.24, 2.45) is 0 Å². The van der Waals surface area contributed by atoms with Gasteiger partial charge >= 0.3 is 0 Å². The minimum atomic E-state index is -0.515. The number of hydrogen-bond donors (Lipinski definition) is 3. The quantitative estimate of drug-likeness (QED) is 0.747. The van der Waals surface area contributed by atoms with Crippen LogP contribution in [0.15, 0.2) is 18.2 Å². The molecule has 0 fully saturated rings. The normalized spacial score (nSPS) is 16.1. The van der Waals surface area contributed by atoms with Crippen molar-refractivity contribution in [3.05, 3.63) is 23.8 Å². The molecule has 1 amide bonds. The Hall–Kier alpha value is -1.59. The van der Waals surface area contributed by atoms with Crippen LogP contribution in [0.4, 0.5) is 5.69 Å². The molecule has 0 spiro atoms. The van der Waals surface area contributed by atoms with Gasteiger partial charge in [-0.25, -0.2) is 0 Å². The lowest BCUT2D eigenvalue weighted by Crippen LogP contribution is -2.96. The Morgan fingerprint density at radius 1 is 1.38 bits per heavy atom. The molecule has 0 aromatic heterocycles. The molecule has 0 saturated heterocycles. The van der Waals surface area contributed by atoms with E-state index < -0.39 is 6.10 Å². The number of nitrogens with two attached hydrogens (primary N) is 1. The molecule has 21 heavy (non-hydrogen) atoms. The first-order valence-electron chi connectivity index (χ1n) is 7.42. The van der Waals surface area contributed by atoms with Gasteiger partial charge in [-0.1, -0.05) is 6.07 Å². The lowest BCUT2D eigenvalue weighted by molar-refractivity contribution is -0.722. The summed E-state index contributed by atoms with van der Waals surface area (Å²) in [7, 11) is 0. The predicted octanol–water partition coefficient (Wildman–Crippen LogP) is 0.673. The molecule has 4 N–H and O–H groups in total. The zero-order chi connectivity index (χ0) is 15.5. The summed E-state index contributed by atoms with van der Waals surface area (Å²) in [5.74, 6) is 0.793. The largest absolute Gasteiger partial charge is 0.490 e. The van der Waals surface area contributed by atoms with E-state index in [4.69, 9.17) is 4.74 Å². The standard InChI is InChI=1S/C16H24N2O3/c1-16(2,3)17-9-11(19)10-21-14-6-4-5-13-12(14)7-8-15(20)18-13/h4-6,11,17,19H,7-10H2,1-3H3,(H,18,20)/p+1/t11-/m0/s1. The van der Waals surface area contributed by atoms with Gasteiger partial charge in [0.2, 0.25) is 5.91 Å². The average molecular weight is 293 g/mol. The highest BCUT2D eigenvalue weighted by Gasteiger charge is 2.20. The number of aliphatic hydroxyl groups excluding tert-OH is 1. The molecular weight excluding hydrogens is 268 g/mol. The zero-order valence-corrected chi connectivity index (χ0v) is 13.0. The van der Waals surface area contributed by atoms with Crippen LogP contribution in [0, 0.1) is 0 Å². The Kier molecular flexibility index (Phi) is 4.85. The number of nitrogens with one attached hydrogen (secondary N) is 1. The maximum absolute atomic E-state index is 11.4. The number of rotatable bonds is 5. The minimum absolute atomic E-state index is 0.0412. The molecule has 5 heteroatoms. The average Bonchev–Trinajstić information content (AvgIpc) is 2.41. The molecule has 1 aliphatic heterocycles.